The lowest BCUT2D eigenvalue weighted by atomic mass is 9.72. The van der Waals surface area contributed by atoms with Gasteiger partial charge in [-0.3, -0.25) is 0 Å². The highest BCUT2D eigenvalue weighted by atomic mass is 32.1. The topological polar surface area (TPSA) is 32.3 Å². The highest BCUT2D eigenvalue weighted by Crippen LogP contribution is 2.43. The van der Waals surface area contributed by atoms with Crippen molar-refractivity contribution in [2.75, 3.05) is 0 Å². The second kappa shape index (κ2) is 3.56. The number of nitrogens with one attached hydrogen (secondary N) is 1. The number of piperidine rings is 1. The van der Waals surface area contributed by atoms with Crippen molar-refractivity contribution in [2.24, 2.45) is 0 Å². The van der Waals surface area contributed by atoms with Gasteiger partial charge in [0, 0.05) is 16.0 Å². The van der Waals surface area contributed by atoms with Gasteiger partial charge in [-0.2, -0.15) is 0 Å². The van der Waals surface area contributed by atoms with Crippen LogP contribution in [0.25, 0.3) is 0 Å². The summed E-state index contributed by atoms with van der Waals surface area (Å²) < 4.78 is 0. The zero-order valence-corrected chi connectivity index (χ0v) is 11.3. The first-order valence-corrected chi connectivity index (χ1v) is 6.66. The van der Waals surface area contributed by atoms with E-state index in [1.54, 1.807) is 11.3 Å². The van der Waals surface area contributed by atoms with E-state index in [0.29, 0.717) is 0 Å². The molecule has 1 aromatic rings. The maximum Gasteiger partial charge on any atom is 0.102 e. The predicted octanol–water partition coefficient (Wildman–Crippen LogP) is 2.88. The molecule has 0 saturated carbocycles. The maximum atomic E-state index is 10.9. The molecule has 0 spiro atoms. The zero-order chi connectivity index (χ0) is 12.0. The summed E-state index contributed by atoms with van der Waals surface area (Å²) >= 11 is 1.65. The van der Waals surface area contributed by atoms with Crippen LogP contribution in [0.5, 0.6) is 0 Å². The van der Waals surface area contributed by atoms with Crippen LogP contribution in [-0.4, -0.2) is 16.2 Å². The van der Waals surface area contributed by atoms with E-state index < -0.39 is 5.60 Å². The van der Waals surface area contributed by atoms with Crippen molar-refractivity contribution in [2.45, 2.75) is 57.2 Å². The molecule has 0 unspecified atom stereocenters. The van der Waals surface area contributed by atoms with E-state index in [4.69, 9.17) is 0 Å². The molecule has 3 heteroatoms. The van der Waals surface area contributed by atoms with Gasteiger partial charge in [0.1, 0.15) is 5.60 Å². The van der Waals surface area contributed by atoms with Gasteiger partial charge in [0.2, 0.25) is 0 Å². The van der Waals surface area contributed by atoms with Crippen molar-refractivity contribution in [1.29, 1.82) is 0 Å². The first-order chi connectivity index (χ1) is 7.23. The molecule has 0 aliphatic carbocycles. The molecule has 1 aliphatic heterocycles. The molecule has 0 aromatic carbocycles. The highest BCUT2D eigenvalue weighted by Gasteiger charge is 2.47. The minimum atomic E-state index is -0.674. The average Bonchev–Trinajstić information content (AvgIpc) is 2.46. The zero-order valence-electron chi connectivity index (χ0n) is 10.5. The number of hydrogen-bond donors (Lipinski definition) is 2. The van der Waals surface area contributed by atoms with Gasteiger partial charge in [0.05, 0.1) is 0 Å². The molecule has 16 heavy (non-hydrogen) atoms. The Hall–Kier alpha value is -0.380. The molecule has 2 nitrogen and oxygen atoms in total. The van der Waals surface area contributed by atoms with Gasteiger partial charge in [0.15, 0.2) is 0 Å². The van der Waals surface area contributed by atoms with E-state index >= 15 is 0 Å². The summed E-state index contributed by atoms with van der Waals surface area (Å²) in [5, 5.41) is 16.5. The molecule has 2 N–H and O–H groups in total. The van der Waals surface area contributed by atoms with E-state index in [2.05, 4.69) is 33.0 Å². The molecule has 0 amide bonds. The van der Waals surface area contributed by atoms with Gasteiger partial charge in [-0.15, -0.1) is 11.3 Å². The Balaban J connectivity index is 2.35. The minimum absolute atomic E-state index is 0.0273. The summed E-state index contributed by atoms with van der Waals surface area (Å²) in [5.74, 6) is 0. The number of rotatable bonds is 1. The van der Waals surface area contributed by atoms with E-state index in [9.17, 15) is 5.11 Å². The third kappa shape index (κ3) is 2.31. The normalized spacial score (nSPS) is 26.6. The lowest BCUT2D eigenvalue weighted by molar-refractivity contribution is -0.0587. The fourth-order valence-electron chi connectivity index (χ4n) is 3.25. The molecule has 2 rings (SSSR count). The Morgan fingerprint density at radius 1 is 1.19 bits per heavy atom. The van der Waals surface area contributed by atoms with Gasteiger partial charge in [-0.25, -0.2) is 0 Å². The first kappa shape index (κ1) is 12.1. The van der Waals surface area contributed by atoms with E-state index in [1.165, 1.54) is 0 Å². The SMILES string of the molecule is CC1(C)CC(O)(c2cccs2)CC(C)(C)N1. The van der Waals surface area contributed by atoms with Crippen LogP contribution in [0.3, 0.4) is 0 Å². The van der Waals surface area contributed by atoms with E-state index in [1.807, 2.05) is 17.5 Å². The highest BCUT2D eigenvalue weighted by molar-refractivity contribution is 7.10. The molecule has 90 valence electrons. The molecule has 1 fully saturated rings. The molecule has 1 saturated heterocycles. The van der Waals surface area contributed by atoms with Crippen LogP contribution in [0.2, 0.25) is 0 Å². The van der Waals surface area contributed by atoms with Crippen LogP contribution in [0.15, 0.2) is 17.5 Å². The summed E-state index contributed by atoms with van der Waals surface area (Å²) in [6.45, 7) is 8.64. The third-order valence-electron chi connectivity index (χ3n) is 3.13. The smallest absolute Gasteiger partial charge is 0.102 e. The van der Waals surface area contributed by atoms with Gasteiger partial charge < -0.3 is 10.4 Å². The fraction of sp³-hybridized carbons (Fsp3) is 0.692. The van der Waals surface area contributed by atoms with Crippen molar-refractivity contribution < 1.29 is 5.11 Å². The average molecular weight is 239 g/mol. The van der Waals surface area contributed by atoms with Crippen LogP contribution < -0.4 is 5.32 Å². The number of thiophene rings is 1. The molecule has 1 aliphatic rings. The number of hydrogen-bond acceptors (Lipinski definition) is 3. The van der Waals surface area contributed by atoms with Crippen molar-refractivity contribution in [1.82, 2.24) is 5.32 Å². The molecule has 2 heterocycles. The predicted molar refractivity (Wildman–Crippen MR) is 68.7 cm³/mol. The third-order valence-corrected chi connectivity index (χ3v) is 4.19. The van der Waals surface area contributed by atoms with Crippen molar-refractivity contribution in [3.8, 4) is 0 Å². The van der Waals surface area contributed by atoms with Crippen molar-refractivity contribution in [3.05, 3.63) is 22.4 Å². The molecule has 0 radical (unpaired) electrons. The monoisotopic (exact) mass is 239 g/mol. The Morgan fingerprint density at radius 3 is 2.19 bits per heavy atom. The summed E-state index contributed by atoms with van der Waals surface area (Å²) in [6.07, 6.45) is 1.54. The Bertz CT molecular complexity index is 351. The van der Waals surface area contributed by atoms with Crippen LogP contribution in [-0.2, 0) is 5.60 Å². The second-order valence-electron chi connectivity index (χ2n) is 6.26. The van der Waals surface area contributed by atoms with Gasteiger partial charge in [-0.05, 0) is 52.0 Å². The lowest BCUT2D eigenvalue weighted by Gasteiger charge is -2.50. The number of aliphatic hydroxyl groups is 1. The minimum Gasteiger partial charge on any atom is -0.384 e. The standard InChI is InChI=1S/C13H21NOS/c1-11(2)8-13(15,9-12(3,4)14-11)10-6-5-7-16-10/h5-7,14-15H,8-9H2,1-4H3. The Labute approximate surface area is 102 Å². The van der Waals surface area contributed by atoms with Gasteiger partial charge in [0.25, 0.3) is 0 Å². The summed E-state index contributed by atoms with van der Waals surface area (Å²) in [6, 6.07) is 4.06. The largest absolute Gasteiger partial charge is 0.384 e. The van der Waals surface area contributed by atoms with E-state index in [0.717, 1.165) is 17.7 Å². The molecular formula is C13H21NOS. The van der Waals surface area contributed by atoms with Crippen LogP contribution in [0, 0.1) is 0 Å². The summed E-state index contributed by atoms with van der Waals surface area (Å²) in [7, 11) is 0. The van der Waals surface area contributed by atoms with Crippen molar-refractivity contribution in [3.63, 3.8) is 0 Å². The van der Waals surface area contributed by atoms with Gasteiger partial charge >= 0.3 is 0 Å². The molecule has 0 atom stereocenters. The summed E-state index contributed by atoms with van der Waals surface area (Å²) in [5.41, 5.74) is -0.729. The molecule has 1 aromatic heterocycles. The fourth-order valence-corrected chi connectivity index (χ4v) is 4.07. The second-order valence-corrected chi connectivity index (χ2v) is 7.20. The Morgan fingerprint density at radius 2 is 1.75 bits per heavy atom. The maximum absolute atomic E-state index is 10.9. The van der Waals surface area contributed by atoms with E-state index in [-0.39, 0.29) is 11.1 Å². The Kier molecular flexibility index (Phi) is 2.69. The quantitative estimate of drug-likeness (QED) is 0.790. The lowest BCUT2D eigenvalue weighted by Crippen LogP contribution is -2.62. The van der Waals surface area contributed by atoms with Crippen LogP contribution >= 0.6 is 11.3 Å². The molecule has 0 bridgehead atoms. The van der Waals surface area contributed by atoms with Crippen LogP contribution in [0.4, 0.5) is 0 Å². The van der Waals surface area contributed by atoms with Crippen LogP contribution in [0.1, 0.15) is 45.4 Å². The van der Waals surface area contributed by atoms with Gasteiger partial charge in [-0.1, -0.05) is 6.07 Å². The first-order valence-electron chi connectivity index (χ1n) is 5.78. The van der Waals surface area contributed by atoms with Crippen molar-refractivity contribution >= 4 is 11.3 Å². The summed E-state index contributed by atoms with van der Waals surface area (Å²) in [4.78, 5) is 1.09. The molecular weight excluding hydrogens is 218 g/mol.